The predicted molar refractivity (Wildman–Crippen MR) is 75.3 cm³/mol. The van der Waals surface area contributed by atoms with Gasteiger partial charge in [0.2, 0.25) is 0 Å². The Labute approximate surface area is 117 Å². The van der Waals surface area contributed by atoms with E-state index >= 15 is 0 Å². The van der Waals surface area contributed by atoms with E-state index in [1.807, 2.05) is 25.1 Å². The molecule has 4 heteroatoms. The van der Waals surface area contributed by atoms with Gasteiger partial charge in [-0.15, -0.1) is 0 Å². The Hall–Kier alpha value is -1.58. The summed E-state index contributed by atoms with van der Waals surface area (Å²) in [6, 6.07) is 12.1. The molecule has 19 heavy (non-hydrogen) atoms. The molecule has 1 atom stereocenters. The Morgan fingerprint density at radius 3 is 2.58 bits per heavy atom. The first kappa shape index (κ1) is 13.8. The molecule has 0 spiro atoms. The van der Waals surface area contributed by atoms with Crippen LogP contribution in [0.3, 0.4) is 0 Å². The SMILES string of the molecule is CC(N)Cc1ccccc1Oc1cccc(Cl)c1F. The molecular formula is C15H15ClFNO. The third-order valence-electron chi connectivity index (χ3n) is 2.65. The third kappa shape index (κ3) is 3.46. The van der Waals surface area contributed by atoms with Gasteiger partial charge in [-0.05, 0) is 37.1 Å². The van der Waals surface area contributed by atoms with Crippen molar-refractivity contribution in [2.24, 2.45) is 5.73 Å². The summed E-state index contributed by atoms with van der Waals surface area (Å²) in [5, 5.41) is 0.0437. The van der Waals surface area contributed by atoms with Gasteiger partial charge in [0.25, 0.3) is 0 Å². The fraction of sp³-hybridized carbons (Fsp3) is 0.200. The molecular weight excluding hydrogens is 265 g/mol. The maximum absolute atomic E-state index is 13.8. The average Bonchev–Trinajstić information content (AvgIpc) is 2.36. The van der Waals surface area contributed by atoms with Gasteiger partial charge in [-0.3, -0.25) is 0 Å². The monoisotopic (exact) mass is 279 g/mol. The van der Waals surface area contributed by atoms with Gasteiger partial charge in [0.15, 0.2) is 11.6 Å². The van der Waals surface area contributed by atoms with Crippen LogP contribution in [0.15, 0.2) is 42.5 Å². The van der Waals surface area contributed by atoms with Crippen molar-refractivity contribution in [3.63, 3.8) is 0 Å². The minimum absolute atomic E-state index is 0.00829. The van der Waals surface area contributed by atoms with Gasteiger partial charge in [-0.1, -0.05) is 35.9 Å². The quantitative estimate of drug-likeness (QED) is 0.912. The summed E-state index contributed by atoms with van der Waals surface area (Å²) < 4.78 is 19.4. The number of hydrogen-bond donors (Lipinski definition) is 1. The molecule has 0 aliphatic rings. The van der Waals surface area contributed by atoms with E-state index in [4.69, 9.17) is 22.1 Å². The predicted octanol–water partition coefficient (Wildman–Crippen LogP) is 4.16. The minimum atomic E-state index is -0.556. The maximum atomic E-state index is 13.8. The van der Waals surface area contributed by atoms with Crippen LogP contribution >= 0.6 is 11.6 Å². The summed E-state index contributed by atoms with van der Waals surface area (Å²) >= 11 is 5.73. The number of halogens is 2. The van der Waals surface area contributed by atoms with E-state index < -0.39 is 5.82 Å². The second kappa shape index (κ2) is 6.04. The second-order valence-corrected chi connectivity index (χ2v) is 4.85. The van der Waals surface area contributed by atoms with Crippen LogP contribution in [-0.2, 0) is 6.42 Å². The molecule has 0 aliphatic heterocycles. The van der Waals surface area contributed by atoms with Crippen molar-refractivity contribution in [1.82, 2.24) is 0 Å². The average molecular weight is 280 g/mol. The fourth-order valence-electron chi connectivity index (χ4n) is 1.80. The molecule has 2 rings (SSSR count). The summed E-state index contributed by atoms with van der Waals surface area (Å²) in [6.07, 6.45) is 0.665. The van der Waals surface area contributed by atoms with Gasteiger partial charge in [0.05, 0.1) is 5.02 Å². The summed E-state index contributed by atoms with van der Waals surface area (Å²) in [7, 11) is 0. The molecule has 2 aromatic carbocycles. The number of para-hydroxylation sites is 1. The molecule has 2 nitrogen and oxygen atoms in total. The van der Waals surface area contributed by atoms with Gasteiger partial charge in [-0.2, -0.15) is 0 Å². The van der Waals surface area contributed by atoms with Gasteiger partial charge in [0, 0.05) is 6.04 Å². The molecule has 100 valence electrons. The van der Waals surface area contributed by atoms with E-state index in [1.54, 1.807) is 18.2 Å². The van der Waals surface area contributed by atoms with Gasteiger partial charge < -0.3 is 10.5 Å². The van der Waals surface area contributed by atoms with Crippen LogP contribution in [0.1, 0.15) is 12.5 Å². The number of benzene rings is 2. The summed E-state index contributed by atoms with van der Waals surface area (Å²) in [5.41, 5.74) is 6.73. The van der Waals surface area contributed by atoms with Crippen LogP contribution in [-0.4, -0.2) is 6.04 Å². The molecule has 0 aliphatic carbocycles. The van der Waals surface area contributed by atoms with Crippen LogP contribution < -0.4 is 10.5 Å². The second-order valence-electron chi connectivity index (χ2n) is 4.44. The molecule has 0 saturated heterocycles. The molecule has 2 aromatic rings. The van der Waals surface area contributed by atoms with Crippen molar-refractivity contribution in [3.05, 3.63) is 58.9 Å². The Morgan fingerprint density at radius 2 is 1.84 bits per heavy atom. The molecule has 2 N–H and O–H groups in total. The van der Waals surface area contributed by atoms with Crippen LogP contribution in [0.5, 0.6) is 11.5 Å². The van der Waals surface area contributed by atoms with Crippen molar-refractivity contribution < 1.29 is 9.13 Å². The molecule has 0 radical (unpaired) electrons. The van der Waals surface area contributed by atoms with E-state index in [-0.39, 0.29) is 16.8 Å². The summed E-state index contributed by atoms with van der Waals surface area (Å²) in [6.45, 7) is 1.91. The molecule has 0 bridgehead atoms. The van der Waals surface area contributed by atoms with E-state index in [9.17, 15) is 4.39 Å². The standard InChI is InChI=1S/C15H15ClFNO/c1-10(18)9-11-5-2-3-7-13(11)19-14-8-4-6-12(16)15(14)17/h2-8,10H,9,18H2,1H3. The Balaban J connectivity index is 2.30. The smallest absolute Gasteiger partial charge is 0.184 e. The maximum Gasteiger partial charge on any atom is 0.184 e. The lowest BCUT2D eigenvalue weighted by molar-refractivity contribution is 0.436. The number of hydrogen-bond acceptors (Lipinski definition) is 2. The third-order valence-corrected chi connectivity index (χ3v) is 2.94. The first-order chi connectivity index (χ1) is 9.08. The lowest BCUT2D eigenvalue weighted by Crippen LogP contribution is -2.18. The number of rotatable bonds is 4. The van der Waals surface area contributed by atoms with Gasteiger partial charge >= 0.3 is 0 Å². The fourth-order valence-corrected chi connectivity index (χ4v) is 1.97. The zero-order valence-electron chi connectivity index (χ0n) is 10.6. The Bertz CT molecular complexity index is 572. The minimum Gasteiger partial charge on any atom is -0.454 e. The Kier molecular flexibility index (Phi) is 4.40. The highest BCUT2D eigenvalue weighted by molar-refractivity contribution is 6.30. The van der Waals surface area contributed by atoms with Crippen LogP contribution in [0.4, 0.5) is 4.39 Å². The molecule has 0 amide bonds. The zero-order chi connectivity index (χ0) is 13.8. The lowest BCUT2D eigenvalue weighted by atomic mass is 10.1. The molecule has 0 fully saturated rings. The number of nitrogens with two attached hydrogens (primary N) is 1. The highest BCUT2D eigenvalue weighted by Crippen LogP contribution is 2.30. The zero-order valence-corrected chi connectivity index (χ0v) is 11.3. The largest absolute Gasteiger partial charge is 0.454 e. The van der Waals surface area contributed by atoms with Gasteiger partial charge in [0.1, 0.15) is 5.75 Å². The molecule has 0 saturated carbocycles. The van der Waals surface area contributed by atoms with E-state index in [2.05, 4.69) is 0 Å². The number of ether oxygens (including phenoxy) is 1. The van der Waals surface area contributed by atoms with E-state index in [0.717, 1.165) is 5.56 Å². The highest BCUT2D eigenvalue weighted by Gasteiger charge is 2.11. The van der Waals surface area contributed by atoms with Crippen LogP contribution in [0.25, 0.3) is 0 Å². The van der Waals surface area contributed by atoms with Crippen molar-refractivity contribution in [1.29, 1.82) is 0 Å². The molecule has 0 heterocycles. The summed E-state index contributed by atoms with van der Waals surface area (Å²) in [5.74, 6) is 0.158. The van der Waals surface area contributed by atoms with Crippen molar-refractivity contribution >= 4 is 11.6 Å². The molecule has 1 unspecified atom stereocenters. The van der Waals surface area contributed by atoms with Crippen molar-refractivity contribution in [2.75, 3.05) is 0 Å². The van der Waals surface area contributed by atoms with Crippen LogP contribution in [0.2, 0.25) is 5.02 Å². The van der Waals surface area contributed by atoms with Gasteiger partial charge in [-0.25, -0.2) is 4.39 Å². The van der Waals surface area contributed by atoms with E-state index in [0.29, 0.717) is 12.2 Å². The molecule has 0 aromatic heterocycles. The van der Waals surface area contributed by atoms with Crippen molar-refractivity contribution in [2.45, 2.75) is 19.4 Å². The van der Waals surface area contributed by atoms with Crippen LogP contribution in [0, 0.1) is 5.82 Å². The lowest BCUT2D eigenvalue weighted by Gasteiger charge is -2.13. The normalized spacial score (nSPS) is 12.2. The highest BCUT2D eigenvalue weighted by atomic mass is 35.5. The first-order valence-corrected chi connectivity index (χ1v) is 6.41. The Morgan fingerprint density at radius 1 is 1.16 bits per heavy atom. The topological polar surface area (TPSA) is 35.2 Å². The summed E-state index contributed by atoms with van der Waals surface area (Å²) in [4.78, 5) is 0. The first-order valence-electron chi connectivity index (χ1n) is 6.03. The van der Waals surface area contributed by atoms with Crippen molar-refractivity contribution in [3.8, 4) is 11.5 Å². The van der Waals surface area contributed by atoms with E-state index in [1.165, 1.54) is 6.07 Å².